The lowest BCUT2D eigenvalue weighted by Gasteiger charge is -2.39. The largest absolute Gasteiger partial charge is 0.485 e. The average molecular weight is 435 g/mol. The maximum atomic E-state index is 12.4. The molecule has 2 rings (SSSR count). The van der Waals surface area contributed by atoms with Crippen molar-refractivity contribution in [2.24, 2.45) is 0 Å². The van der Waals surface area contributed by atoms with Crippen LogP contribution < -0.4 is 15.5 Å². The van der Waals surface area contributed by atoms with Gasteiger partial charge in [0.15, 0.2) is 10.8 Å². The van der Waals surface area contributed by atoms with Gasteiger partial charge >= 0.3 is 0 Å². The minimum Gasteiger partial charge on any atom is -0.485 e. The molecule has 0 fully saturated rings. The summed E-state index contributed by atoms with van der Waals surface area (Å²) >= 11 is 6.25. The van der Waals surface area contributed by atoms with Gasteiger partial charge in [-0.25, -0.2) is 4.68 Å². The summed E-state index contributed by atoms with van der Waals surface area (Å²) in [6.45, 7) is 20.2. The zero-order valence-electron chi connectivity index (χ0n) is 19.3. The smallest absolute Gasteiger partial charge is 0.289 e. The number of aromatic nitrogens is 2. The lowest BCUT2D eigenvalue weighted by molar-refractivity contribution is 0.292. The normalized spacial score (nSPS) is 13.1. The Morgan fingerprint density at radius 1 is 0.966 bits per heavy atom. The molecule has 0 amide bonds. The van der Waals surface area contributed by atoms with Gasteiger partial charge in [-0.1, -0.05) is 82.6 Å². The third-order valence-corrected chi connectivity index (χ3v) is 9.83. The van der Waals surface area contributed by atoms with Crippen LogP contribution in [-0.2, 0) is 12.1 Å². The van der Waals surface area contributed by atoms with Crippen molar-refractivity contribution in [1.29, 1.82) is 0 Å². The molecule has 0 aliphatic heterocycles. The van der Waals surface area contributed by atoms with E-state index in [1.54, 1.807) is 0 Å². The standard InChI is InChI=1S/C23H35ClN2O2Si/c1-21(2,3)26-20(27)19(24)18(14-25-26)28-15-16-10-12-17(13-11-16)29(22(4,5)6)23(7,8)9/h10-14,29H,15H2,1-9H3. The maximum absolute atomic E-state index is 12.4. The van der Waals surface area contributed by atoms with Gasteiger partial charge in [-0.3, -0.25) is 4.79 Å². The number of halogens is 1. The van der Waals surface area contributed by atoms with E-state index in [-0.39, 0.29) is 10.6 Å². The summed E-state index contributed by atoms with van der Waals surface area (Å²) in [5.41, 5.74) is 0.270. The third kappa shape index (κ3) is 5.73. The Bertz CT molecular complexity index is 887. The van der Waals surface area contributed by atoms with Crippen LogP contribution in [0.15, 0.2) is 35.3 Å². The van der Waals surface area contributed by atoms with E-state index in [0.29, 0.717) is 22.4 Å². The molecule has 0 radical (unpaired) electrons. The molecule has 0 atom stereocenters. The molecule has 1 aromatic carbocycles. The van der Waals surface area contributed by atoms with Crippen LogP contribution in [0.2, 0.25) is 15.1 Å². The SMILES string of the molecule is CC(C)(C)n1ncc(OCc2ccc([SiH](C(C)(C)C)C(C)(C)C)cc2)c(Cl)c1=O. The highest BCUT2D eigenvalue weighted by Gasteiger charge is 2.37. The zero-order valence-corrected chi connectivity index (χ0v) is 21.2. The molecule has 0 bridgehead atoms. The highest BCUT2D eigenvalue weighted by molar-refractivity contribution is 6.78. The Morgan fingerprint density at radius 3 is 1.93 bits per heavy atom. The summed E-state index contributed by atoms with van der Waals surface area (Å²) in [7, 11) is -1.22. The van der Waals surface area contributed by atoms with E-state index < -0.39 is 14.3 Å². The van der Waals surface area contributed by atoms with Crippen LogP contribution in [0.25, 0.3) is 0 Å². The van der Waals surface area contributed by atoms with E-state index in [4.69, 9.17) is 16.3 Å². The second-order valence-corrected chi connectivity index (χ2v) is 16.3. The predicted molar refractivity (Wildman–Crippen MR) is 125 cm³/mol. The molecule has 0 N–H and O–H groups in total. The monoisotopic (exact) mass is 434 g/mol. The van der Waals surface area contributed by atoms with Gasteiger partial charge in [-0.15, -0.1) is 0 Å². The molecule has 4 nitrogen and oxygen atoms in total. The molecule has 2 aromatic rings. The molecule has 0 saturated heterocycles. The number of benzene rings is 1. The quantitative estimate of drug-likeness (QED) is 0.616. The summed E-state index contributed by atoms with van der Waals surface area (Å²) in [5.74, 6) is 0.317. The van der Waals surface area contributed by atoms with Crippen molar-refractivity contribution < 1.29 is 4.74 Å². The molecule has 160 valence electrons. The van der Waals surface area contributed by atoms with Gasteiger partial charge in [-0.05, 0) is 36.4 Å². The molecule has 0 unspecified atom stereocenters. The van der Waals surface area contributed by atoms with E-state index in [0.717, 1.165) is 5.56 Å². The predicted octanol–water partition coefficient (Wildman–Crippen LogP) is 5.27. The van der Waals surface area contributed by atoms with Crippen LogP contribution in [0, 0.1) is 0 Å². The fraction of sp³-hybridized carbons (Fsp3) is 0.565. The van der Waals surface area contributed by atoms with Crippen LogP contribution in [0.5, 0.6) is 5.75 Å². The van der Waals surface area contributed by atoms with Crippen LogP contribution in [0.1, 0.15) is 67.9 Å². The lowest BCUT2D eigenvalue weighted by atomic mass is 10.1. The molecule has 1 aromatic heterocycles. The first kappa shape index (κ1) is 23.7. The van der Waals surface area contributed by atoms with Crippen molar-refractivity contribution >= 4 is 25.6 Å². The van der Waals surface area contributed by atoms with Gasteiger partial charge in [0.2, 0.25) is 0 Å². The highest BCUT2D eigenvalue weighted by Crippen LogP contribution is 2.41. The summed E-state index contributed by atoms with van der Waals surface area (Å²) in [4.78, 5) is 12.4. The molecule has 0 aliphatic rings. The Hall–Kier alpha value is -1.59. The lowest BCUT2D eigenvalue weighted by Crippen LogP contribution is -2.45. The average Bonchev–Trinajstić information content (AvgIpc) is 2.53. The summed E-state index contributed by atoms with van der Waals surface area (Å²) < 4.78 is 7.19. The molecule has 6 heteroatoms. The Kier molecular flexibility index (Phi) is 6.75. The maximum Gasteiger partial charge on any atom is 0.289 e. The Labute approximate surface area is 181 Å². The van der Waals surface area contributed by atoms with Gasteiger partial charge in [0.1, 0.15) is 6.61 Å². The first-order valence-electron chi connectivity index (χ1n) is 10.1. The minimum atomic E-state index is -1.22. The van der Waals surface area contributed by atoms with Crippen molar-refractivity contribution in [1.82, 2.24) is 9.78 Å². The van der Waals surface area contributed by atoms with E-state index in [9.17, 15) is 4.79 Å². The Morgan fingerprint density at radius 2 is 1.48 bits per heavy atom. The summed E-state index contributed by atoms with van der Waals surface area (Å²) in [6, 6.07) is 8.71. The molecule has 1 heterocycles. The fourth-order valence-electron chi connectivity index (χ4n) is 4.26. The third-order valence-electron chi connectivity index (χ3n) is 4.96. The van der Waals surface area contributed by atoms with Crippen molar-refractivity contribution in [2.75, 3.05) is 0 Å². The van der Waals surface area contributed by atoms with Gasteiger partial charge in [-0.2, -0.15) is 5.10 Å². The number of rotatable bonds is 4. The number of hydrogen-bond acceptors (Lipinski definition) is 3. The molecule has 0 saturated carbocycles. The zero-order chi connectivity index (χ0) is 22.2. The highest BCUT2D eigenvalue weighted by atomic mass is 35.5. The molecule has 29 heavy (non-hydrogen) atoms. The van der Waals surface area contributed by atoms with Crippen LogP contribution >= 0.6 is 11.6 Å². The first-order chi connectivity index (χ1) is 13.1. The van der Waals surface area contributed by atoms with Crippen molar-refractivity contribution in [3.05, 3.63) is 51.4 Å². The van der Waals surface area contributed by atoms with Crippen molar-refractivity contribution in [3.63, 3.8) is 0 Å². The van der Waals surface area contributed by atoms with Gasteiger partial charge in [0.05, 0.1) is 20.5 Å². The molecular formula is C23H35ClN2O2Si. The van der Waals surface area contributed by atoms with E-state index in [1.165, 1.54) is 16.1 Å². The first-order valence-corrected chi connectivity index (χ1v) is 12.2. The van der Waals surface area contributed by atoms with Gasteiger partial charge in [0, 0.05) is 0 Å². The number of hydrogen-bond donors (Lipinski definition) is 0. The van der Waals surface area contributed by atoms with E-state index in [2.05, 4.69) is 70.9 Å². The second-order valence-electron chi connectivity index (χ2n) is 10.9. The van der Waals surface area contributed by atoms with Gasteiger partial charge in [0.25, 0.3) is 5.56 Å². The molecular weight excluding hydrogens is 400 g/mol. The van der Waals surface area contributed by atoms with Crippen molar-refractivity contribution in [3.8, 4) is 5.75 Å². The number of ether oxygens (including phenoxy) is 1. The minimum absolute atomic E-state index is 0.0690. The Balaban J connectivity index is 2.19. The van der Waals surface area contributed by atoms with E-state index >= 15 is 0 Å². The molecule has 0 aliphatic carbocycles. The van der Waals surface area contributed by atoms with Crippen molar-refractivity contribution in [2.45, 2.75) is 84.5 Å². The van der Waals surface area contributed by atoms with E-state index in [1.807, 2.05) is 20.8 Å². The number of nitrogens with zero attached hydrogens (tertiary/aromatic N) is 2. The van der Waals surface area contributed by atoms with Crippen LogP contribution in [0.4, 0.5) is 0 Å². The topological polar surface area (TPSA) is 44.1 Å². The summed E-state index contributed by atoms with van der Waals surface area (Å²) in [5, 5.41) is 6.34. The molecule has 0 spiro atoms. The summed E-state index contributed by atoms with van der Waals surface area (Å²) in [6.07, 6.45) is 1.52. The van der Waals surface area contributed by atoms with Gasteiger partial charge < -0.3 is 4.74 Å². The fourth-order valence-corrected chi connectivity index (χ4v) is 9.62. The van der Waals surface area contributed by atoms with Crippen LogP contribution in [0.3, 0.4) is 0 Å². The second kappa shape index (κ2) is 8.27. The van der Waals surface area contributed by atoms with Crippen LogP contribution in [-0.4, -0.2) is 18.6 Å².